The predicted octanol–water partition coefficient (Wildman–Crippen LogP) is 2.49. The van der Waals surface area contributed by atoms with Gasteiger partial charge in [0.15, 0.2) is 0 Å². The molecule has 0 aromatic rings. The third kappa shape index (κ3) is 4.30. The normalized spacial score (nSPS) is 29.3. The van der Waals surface area contributed by atoms with Crippen LogP contribution in [0.3, 0.4) is 0 Å². The van der Waals surface area contributed by atoms with Crippen LogP contribution in [0.1, 0.15) is 64.7 Å². The molecule has 2 saturated heterocycles. The van der Waals surface area contributed by atoms with Gasteiger partial charge < -0.3 is 14.8 Å². The van der Waals surface area contributed by atoms with Gasteiger partial charge in [0.05, 0.1) is 19.3 Å². The summed E-state index contributed by atoms with van der Waals surface area (Å²) in [4.78, 5) is 15.1. The zero-order valence-electron chi connectivity index (χ0n) is 15.2. The molecular weight excluding hydrogens is 304 g/mol. The summed E-state index contributed by atoms with van der Waals surface area (Å²) in [5.74, 6) is 0.191. The van der Waals surface area contributed by atoms with Crippen LogP contribution in [0.25, 0.3) is 0 Å². The van der Waals surface area contributed by atoms with Gasteiger partial charge in [-0.25, -0.2) is 0 Å². The molecule has 5 nitrogen and oxygen atoms in total. The van der Waals surface area contributed by atoms with Crippen molar-refractivity contribution in [2.45, 2.75) is 82.4 Å². The third-order valence-electron chi connectivity index (χ3n) is 6.26. The Hall–Kier alpha value is -0.650. The highest BCUT2D eigenvalue weighted by molar-refractivity contribution is 5.76. The van der Waals surface area contributed by atoms with Crippen molar-refractivity contribution >= 4 is 5.91 Å². The van der Waals surface area contributed by atoms with Gasteiger partial charge in [0.1, 0.15) is 0 Å². The van der Waals surface area contributed by atoms with Crippen molar-refractivity contribution in [1.82, 2.24) is 10.2 Å². The minimum Gasteiger partial charge on any atom is -0.379 e. The molecule has 0 aromatic carbocycles. The number of rotatable bonds is 6. The molecular formula is C19H34N2O3. The van der Waals surface area contributed by atoms with Crippen molar-refractivity contribution in [1.29, 1.82) is 0 Å². The number of hydrogen-bond acceptors (Lipinski definition) is 4. The van der Waals surface area contributed by atoms with Crippen molar-refractivity contribution in [3.05, 3.63) is 0 Å². The highest BCUT2D eigenvalue weighted by Crippen LogP contribution is 2.38. The van der Waals surface area contributed by atoms with Crippen LogP contribution in [0.2, 0.25) is 0 Å². The summed E-state index contributed by atoms with van der Waals surface area (Å²) in [7, 11) is 0. The Morgan fingerprint density at radius 1 is 1.17 bits per heavy atom. The number of ether oxygens (including phenoxy) is 2. The summed E-state index contributed by atoms with van der Waals surface area (Å²) in [6.07, 6.45) is 10.2. The molecule has 2 heterocycles. The van der Waals surface area contributed by atoms with Crippen LogP contribution >= 0.6 is 0 Å². The van der Waals surface area contributed by atoms with Crippen LogP contribution in [-0.2, 0) is 14.3 Å². The van der Waals surface area contributed by atoms with Gasteiger partial charge in [-0.15, -0.1) is 0 Å². The summed E-state index contributed by atoms with van der Waals surface area (Å²) in [5, 5.41) is 3.32. The lowest BCUT2D eigenvalue weighted by Gasteiger charge is -2.47. The van der Waals surface area contributed by atoms with Crippen LogP contribution in [0.15, 0.2) is 0 Å². The molecule has 3 rings (SSSR count). The smallest absolute Gasteiger partial charge is 0.220 e. The third-order valence-corrected chi connectivity index (χ3v) is 6.26. The Kier molecular flexibility index (Phi) is 6.53. The van der Waals surface area contributed by atoms with E-state index >= 15 is 0 Å². The minimum atomic E-state index is 0.140. The quantitative estimate of drug-likeness (QED) is 0.808. The molecule has 2 unspecified atom stereocenters. The standard InChI is InChI=1S/C19H34N2O3/c1-16(20-18(22)8-7-17-6-2-5-13-24-17)19(9-3-4-10-19)21-11-14-23-15-12-21/h16-17H,2-15H2,1H3,(H,20,22). The van der Waals surface area contributed by atoms with E-state index in [4.69, 9.17) is 9.47 Å². The van der Waals surface area contributed by atoms with E-state index in [1.54, 1.807) is 0 Å². The molecule has 24 heavy (non-hydrogen) atoms. The van der Waals surface area contributed by atoms with Crippen LogP contribution in [0, 0.1) is 0 Å². The Balaban J connectivity index is 1.51. The van der Waals surface area contributed by atoms with E-state index in [-0.39, 0.29) is 17.5 Å². The van der Waals surface area contributed by atoms with Gasteiger partial charge in [0, 0.05) is 37.7 Å². The molecule has 1 saturated carbocycles. The van der Waals surface area contributed by atoms with Gasteiger partial charge in [-0.3, -0.25) is 9.69 Å². The Morgan fingerprint density at radius 2 is 1.92 bits per heavy atom. The van der Waals surface area contributed by atoms with Gasteiger partial charge in [-0.1, -0.05) is 12.8 Å². The van der Waals surface area contributed by atoms with Crippen molar-refractivity contribution < 1.29 is 14.3 Å². The second-order valence-corrected chi connectivity index (χ2v) is 7.73. The van der Waals surface area contributed by atoms with Crippen molar-refractivity contribution in [2.75, 3.05) is 32.9 Å². The number of morpholine rings is 1. The minimum absolute atomic E-state index is 0.140. The zero-order valence-corrected chi connectivity index (χ0v) is 15.2. The number of carbonyl (C=O) groups is 1. The van der Waals surface area contributed by atoms with Crippen LogP contribution in [0.4, 0.5) is 0 Å². The first-order chi connectivity index (χ1) is 11.7. The molecule has 2 aliphatic heterocycles. The second-order valence-electron chi connectivity index (χ2n) is 7.73. The summed E-state index contributed by atoms with van der Waals surface area (Å²) in [6.45, 7) is 6.70. The van der Waals surface area contributed by atoms with E-state index in [0.29, 0.717) is 12.5 Å². The molecule has 2 atom stereocenters. The molecule has 3 fully saturated rings. The maximum atomic E-state index is 12.5. The van der Waals surface area contributed by atoms with Gasteiger partial charge in [0.2, 0.25) is 5.91 Å². The van der Waals surface area contributed by atoms with Gasteiger partial charge in [-0.05, 0) is 45.4 Å². The molecule has 0 spiro atoms. The van der Waals surface area contributed by atoms with Gasteiger partial charge in [-0.2, -0.15) is 0 Å². The van der Waals surface area contributed by atoms with E-state index in [0.717, 1.165) is 45.8 Å². The lowest BCUT2D eigenvalue weighted by atomic mass is 9.86. The highest BCUT2D eigenvalue weighted by Gasteiger charge is 2.44. The molecule has 0 radical (unpaired) electrons. The fourth-order valence-electron chi connectivity index (χ4n) is 4.79. The van der Waals surface area contributed by atoms with Gasteiger partial charge >= 0.3 is 0 Å². The van der Waals surface area contributed by atoms with E-state index < -0.39 is 0 Å². The second kappa shape index (κ2) is 8.63. The SMILES string of the molecule is CC(NC(=O)CCC1CCCCO1)C1(N2CCOCC2)CCCC1. The lowest BCUT2D eigenvalue weighted by molar-refractivity contribution is -0.124. The monoisotopic (exact) mass is 338 g/mol. The average Bonchev–Trinajstić information content (AvgIpc) is 3.13. The Bertz CT molecular complexity index is 397. The van der Waals surface area contributed by atoms with Gasteiger partial charge in [0.25, 0.3) is 0 Å². The maximum Gasteiger partial charge on any atom is 0.220 e. The summed E-state index contributed by atoms with van der Waals surface area (Å²) < 4.78 is 11.3. The number of amides is 1. The van der Waals surface area contributed by atoms with Crippen LogP contribution in [-0.4, -0.2) is 61.4 Å². The molecule has 1 aliphatic carbocycles. The molecule has 0 aromatic heterocycles. The summed E-state index contributed by atoms with van der Waals surface area (Å²) >= 11 is 0. The number of carbonyl (C=O) groups excluding carboxylic acids is 1. The lowest BCUT2D eigenvalue weighted by Crippen LogP contribution is -2.62. The molecule has 1 amide bonds. The number of nitrogens with one attached hydrogen (secondary N) is 1. The molecule has 138 valence electrons. The van der Waals surface area contributed by atoms with Crippen molar-refractivity contribution in [3.8, 4) is 0 Å². The molecule has 5 heteroatoms. The first-order valence-corrected chi connectivity index (χ1v) is 9.94. The first kappa shape index (κ1) is 18.2. The summed E-state index contributed by atoms with van der Waals surface area (Å²) in [5.41, 5.74) is 0.140. The highest BCUT2D eigenvalue weighted by atomic mass is 16.5. The van der Waals surface area contributed by atoms with E-state index in [9.17, 15) is 4.79 Å². The van der Waals surface area contributed by atoms with E-state index in [1.165, 1.54) is 38.5 Å². The largest absolute Gasteiger partial charge is 0.379 e. The van der Waals surface area contributed by atoms with E-state index in [2.05, 4.69) is 17.1 Å². The first-order valence-electron chi connectivity index (χ1n) is 9.94. The Morgan fingerprint density at radius 3 is 2.58 bits per heavy atom. The van der Waals surface area contributed by atoms with Crippen molar-refractivity contribution in [2.24, 2.45) is 0 Å². The fourth-order valence-corrected chi connectivity index (χ4v) is 4.79. The topological polar surface area (TPSA) is 50.8 Å². The Labute approximate surface area is 146 Å². The predicted molar refractivity (Wildman–Crippen MR) is 94.0 cm³/mol. The number of nitrogens with zero attached hydrogens (tertiary/aromatic N) is 1. The zero-order chi connectivity index (χ0) is 16.8. The fraction of sp³-hybridized carbons (Fsp3) is 0.947. The molecule has 1 N–H and O–H groups in total. The summed E-state index contributed by atoms with van der Waals surface area (Å²) in [6, 6.07) is 0.206. The van der Waals surface area contributed by atoms with Crippen molar-refractivity contribution in [3.63, 3.8) is 0 Å². The van der Waals surface area contributed by atoms with E-state index in [1.807, 2.05) is 0 Å². The maximum absolute atomic E-state index is 12.5. The van der Waals surface area contributed by atoms with Crippen LogP contribution in [0.5, 0.6) is 0 Å². The number of hydrogen-bond donors (Lipinski definition) is 1. The molecule has 3 aliphatic rings. The average molecular weight is 338 g/mol. The molecule has 0 bridgehead atoms. The van der Waals surface area contributed by atoms with Crippen LogP contribution < -0.4 is 5.32 Å².